The van der Waals surface area contributed by atoms with E-state index in [0.29, 0.717) is 0 Å². The van der Waals surface area contributed by atoms with Gasteiger partial charge in [0.2, 0.25) is 6.34 Å². The lowest BCUT2D eigenvalue weighted by Gasteiger charge is -2.13. The fourth-order valence-corrected chi connectivity index (χ4v) is 4.17. The molecule has 0 aliphatic carbocycles. The van der Waals surface area contributed by atoms with Crippen molar-refractivity contribution in [3.05, 3.63) is 68.8 Å². The van der Waals surface area contributed by atoms with Gasteiger partial charge < -0.3 is 0 Å². The zero-order valence-electron chi connectivity index (χ0n) is 16.6. The second-order valence-electron chi connectivity index (χ2n) is 7.81. The molecule has 1 aliphatic rings. The van der Waals surface area contributed by atoms with Gasteiger partial charge in [-0.1, -0.05) is 35.4 Å². The predicted molar refractivity (Wildman–Crippen MR) is 107 cm³/mol. The largest absolute Gasteiger partial charge is 0.260 e. The van der Waals surface area contributed by atoms with Gasteiger partial charge in [-0.2, -0.15) is 0 Å². The van der Waals surface area contributed by atoms with Gasteiger partial charge in [-0.3, -0.25) is 9.48 Å². The van der Waals surface area contributed by atoms with Gasteiger partial charge in [-0.25, -0.2) is 0 Å². The summed E-state index contributed by atoms with van der Waals surface area (Å²) < 4.78 is 2.46. The summed E-state index contributed by atoms with van der Waals surface area (Å²) in [6.07, 6.45) is 2.33. The van der Waals surface area contributed by atoms with Crippen molar-refractivity contribution in [1.29, 1.82) is 0 Å². The van der Waals surface area contributed by atoms with Crippen LogP contribution in [0.5, 0.6) is 0 Å². The smallest absolute Gasteiger partial charge is 0.234 e. The van der Waals surface area contributed by atoms with Crippen LogP contribution in [0.1, 0.15) is 44.5 Å². The highest BCUT2D eigenvalue weighted by Crippen LogP contribution is 2.20. The number of nitrogens with zero attached hydrogens (tertiary/aromatic N) is 2. The van der Waals surface area contributed by atoms with Crippen LogP contribution in [0, 0.1) is 41.5 Å². The van der Waals surface area contributed by atoms with Crippen LogP contribution in [0.25, 0.3) is 0 Å². The molecule has 2 aromatic rings. The predicted octanol–water partition coefficient (Wildman–Crippen LogP) is 4.59. The molecule has 0 saturated heterocycles. The summed E-state index contributed by atoms with van der Waals surface area (Å²) in [5.41, 5.74) is 11.3. The van der Waals surface area contributed by atoms with Gasteiger partial charge in [0, 0.05) is 0 Å². The van der Waals surface area contributed by atoms with Gasteiger partial charge in [0.15, 0.2) is 0 Å². The Labute approximate surface area is 152 Å². The average Bonchev–Trinajstić information content (AvgIpc) is 2.94. The van der Waals surface area contributed by atoms with Crippen molar-refractivity contribution in [2.45, 2.75) is 54.6 Å². The highest BCUT2D eigenvalue weighted by Gasteiger charge is 2.22. The highest BCUT2D eigenvalue weighted by molar-refractivity contribution is 5.52. The van der Waals surface area contributed by atoms with Crippen molar-refractivity contribution in [3.8, 4) is 0 Å². The molecular weight excluding hydrogens is 304 g/mol. The Morgan fingerprint density at radius 3 is 1.76 bits per heavy atom. The average molecular weight is 336 g/mol. The lowest BCUT2D eigenvalue weighted by Crippen LogP contribution is -2.20. The first-order valence-electron chi connectivity index (χ1n) is 9.30. The van der Waals surface area contributed by atoms with Gasteiger partial charge in [0.05, 0.1) is 0 Å². The summed E-state index contributed by atoms with van der Waals surface area (Å²) in [6.45, 7) is 17.6. The van der Waals surface area contributed by atoms with Crippen LogP contribution in [0.3, 0.4) is 0 Å². The Balaban J connectivity index is 1.76. The minimum atomic E-state index is 1.01. The van der Waals surface area contributed by atoms with E-state index < -0.39 is 0 Å². The van der Waals surface area contributed by atoms with Gasteiger partial charge >= 0.3 is 0 Å². The summed E-state index contributed by atoms with van der Waals surface area (Å²) in [5, 5.41) is 0. The van der Waals surface area contributed by atoms with Gasteiger partial charge in [-0.15, -0.1) is 0 Å². The van der Waals surface area contributed by atoms with E-state index in [1.165, 1.54) is 44.5 Å². The monoisotopic (exact) mass is 335 g/mol. The molecule has 2 aromatic carbocycles. The molecule has 132 valence electrons. The first-order valence-corrected chi connectivity index (χ1v) is 9.30. The normalized spacial score (nSPS) is 14.2. The Hall–Kier alpha value is -2.09. The van der Waals surface area contributed by atoms with Crippen molar-refractivity contribution in [2.75, 3.05) is 13.1 Å². The van der Waals surface area contributed by atoms with Crippen LogP contribution >= 0.6 is 0 Å². The van der Waals surface area contributed by atoms with Crippen molar-refractivity contribution in [3.63, 3.8) is 0 Å². The Morgan fingerprint density at radius 2 is 1.24 bits per heavy atom. The van der Waals surface area contributed by atoms with E-state index in [1.807, 2.05) is 0 Å². The van der Waals surface area contributed by atoms with Crippen LogP contribution < -0.4 is 0 Å². The first kappa shape index (κ1) is 17.7. The molecule has 0 atom stereocenters. The SMILES string of the molecule is Cc1cc(C)c(CN2C=[N+](Cc3c(C)cc(C)cc3C)CC2)c(C)c1. The number of hydrogen-bond acceptors (Lipinski definition) is 1. The summed E-state index contributed by atoms with van der Waals surface area (Å²) in [6, 6.07) is 9.20. The standard InChI is InChI=1S/C23H31N2/c1-16-9-18(3)22(19(4)10-16)13-24-7-8-25(15-24)14-23-20(5)11-17(2)12-21(23)6/h9-12,15H,7-8,13-14H2,1-6H3/q+1. The minimum Gasteiger partial charge on any atom is -0.260 e. The van der Waals surface area contributed by atoms with E-state index >= 15 is 0 Å². The van der Waals surface area contributed by atoms with Crippen molar-refractivity contribution >= 4 is 6.34 Å². The molecule has 0 N–H and O–H groups in total. The van der Waals surface area contributed by atoms with Gasteiger partial charge in [0.25, 0.3) is 0 Å². The van der Waals surface area contributed by atoms with E-state index in [9.17, 15) is 0 Å². The van der Waals surface area contributed by atoms with Crippen LogP contribution in [-0.2, 0) is 13.1 Å². The van der Waals surface area contributed by atoms with E-state index in [4.69, 9.17) is 0 Å². The summed E-state index contributed by atoms with van der Waals surface area (Å²) >= 11 is 0. The van der Waals surface area contributed by atoms with Crippen LogP contribution in [-0.4, -0.2) is 28.9 Å². The molecule has 0 bridgehead atoms. The van der Waals surface area contributed by atoms with Crippen LogP contribution in [0.2, 0.25) is 0 Å². The summed E-state index contributed by atoms with van der Waals surface area (Å²) in [5.74, 6) is 0. The molecule has 0 amide bonds. The molecule has 1 heterocycles. The highest BCUT2D eigenvalue weighted by atomic mass is 15.3. The second-order valence-corrected chi connectivity index (χ2v) is 7.81. The fourth-order valence-electron chi connectivity index (χ4n) is 4.17. The maximum atomic E-state index is 2.46. The zero-order chi connectivity index (χ0) is 18.1. The van der Waals surface area contributed by atoms with E-state index in [2.05, 4.69) is 81.6 Å². The van der Waals surface area contributed by atoms with Crippen LogP contribution in [0.4, 0.5) is 0 Å². The lowest BCUT2D eigenvalue weighted by atomic mass is 9.99. The molecule has 2 heteroatoms. The maximum absolute atomic E-state index is 2.46. The molecule has 25 heavy (non-hydrogen) atoms. The number of aryl methyl sites for hydroxylation is 6. The third-order valence-electron chi connectivity index (χ3n) is 5.40. The lowest BCUT2D eigenvalue weighted by molar-refractivity contribution is -0.530. The fraction of sp³-hybridized carbons (Fsp3) is 0.435. The van der Waals surface area contributed by atoms with Crippen LogP contribution in [0.15, 0.2) is 24.3 Å². The Morgan fingerprint density at radius 1 is 0.760 bits per heavy atom. The molecule has 1 aliphatic heterocycles. The molecule has 3 rings (SSSR count). The molecule has 2 nitrogen and oxygen atoms in total. The van der Waals surface area contributed by atoms with Crippen molar-refractivity contribution in [2.24, 2.45) is 0 Å². The van der Waals surface area contributed by atoms with Crippen molar-refractivity contribution in [1.82, 2.24) is 4.90 Å². The third kappa shape index (κ3) is 3.95. The Kier molecular flexibility index (Phi) is 4.99. The second kappa shape index (κ2) is 7.03. The number of rotatable bonds is 4. The summed E-state index contributed by atoms with van der Waals surface area (Å²) in [7, 11) is 0. The quantitative estimate of drug-likeness (QED) is 0.741. The topological polar surface area (TPSA) is 6.25 Å². The van der Waals surface area contributed by atoms with E-state index in [-0.39, 0.29) is 0 Å². The molecule has 0 unspecified atom stereocenters. The van der Waals surface area contributed by atoms with Gasteiger partial charge in [-0.05, 0) is 74.9 Å². The van der Waals surface area contributed by atoms with Crippen molar-refractivity contribution < 1.29 is 4.58 Å². The van der Waals surface area contributed by atoms with E-state index in [1.54, 1.807) is 0 Å². The molecule has 0 radical (unpaired) electrons. The molecule has 0 saturated carbocycles. The minimum absolute atomic E-state index is 1.01. The maximum Gasteiger partial charge on any atom is 0.234 e. The molecule has 0 fully saturated rings. The third-order valence-corrected chi connectivity index (χ3v) is 5.40. The molecule has 0 aromatic heterocycles. The zero-order valence-corrected chi connectivity index (χ0v) is 16.6. The summed E-state index contributed by atoms with van der Waals surface area (Å²) in [4.78, 5) is 2.46. The Bertz CT molecular complexity index is 784. The molecular formula is C23H31N2+. The first-order chi connectivity index (χ1) is 11.8. The van der Waals surface area contributed by atoms with Gasteiger partial charge in [0.1, 0.15) is 26.2 Å². The van der Waals surface area contributed by atoms with E-state index in [0.717, 1.165) is 26.2 Å². The molecule has 0 spiro atoms. The number of hydrogen-bond donors (Lipinski definition) is 0. The number of benzene rings is 2.